The Morgan fingerprint density at radius 3 is 2.47 bits per heavy atom. The SMILES string of the molecule is CN1CCN(C(=O)c2ccc3c(c2)n(Cc2ccccc2)c(=O)c2ccnn23)CC1. The van der Waals surface area contributed by atoms with E-state index in [1.807, 2.05) is 53.4 Å². The summed E-state index contributed by atoms with van der Waals surface area (Å²) >= 11 is 0. The van der Waals surface area contributed by atoms with Crippen LogP contribution in [0.1, 0.15) is 15.9 Å². The van der Waals surface area contributed by atoms with Gasteiger partial charge in [0, 0.05) is 31.7 Å². The van der Waals surface area contributed by atoms with Gasteiger partial charge in [0.25, 0.3) is 11.5 Å². The third-order valence-corrected chi connectivity index (χ3v) is 5.82. The highest BCUT2D eigenvalue weighted by Crippen LogP contribution is 2.19. The molecule has 1 amide bonds. The molecule has 0 unspecified atom stereocenters. The van der Waals surface area contributed by atoms with Crippen molar-refractivity contribution in [3.8, 4) is 0 Å². The lowest BCUT2D eigenvalue weighted by molar-refractivity contribution is 0.0664. The van der Waals surface area contributed by atoms with E-state index in [0.717, 1.165) is 24.2 Å². The highest BCUT2D eigenvalue weighted by Gasteiger charge is 2.21. The lowest BCUT2D eigenvalue weighted by Crippen LogP contribution is -2.47. The predicted octanol–water partition coefficient (Wildman–Crippen LogP) is 2.09. The van der Waals surface area contributed by atoms with Crippen LogP contribution in [0.2, 0.25) is 0 Å². The van der Waals surface area contributed by atoms with Crippen molar-refractivity contribution in [2.45, 2.75) is 6.54 Å². The topological polar surface area (TPSA) is 62.8 Å². The summed E-state index contributed by atoms with van der Waals surface area (Å²) in [4.78, 5) is 30.4. The van der Waals surface area contributed by atoms with Gasteiger partial charge in [0.2, 0.25) is 0 Å². The Hall–Kier alpha value is -3.45. The molecule has 0 radical (unpaired) electrons. The van der Waals surface area contributed by atoms with Crippen LogP contribution in [0.25, 0.3) is 16.6 Å². The van der Waals surface area contributed by atoms with E-state index < -0.39 is 0 Å². The zero-order valence-corrected chi connectivity index (χ0v) is 16.9. The fourth-order valence-corrected chi connectivity index (χ4v) is 4.07. The van der Waals surface area contributed by atoms with Gasteiger partial charge in [-0.15, -0.1) is 0 Å². The molecule has 5 rings (SSSR count). The molecule has 30 heavy (non-hydrogen) atoms. The van der Waals surface area contributed by atoms with Gasteiger partial charge in [-0.2, -0.15) is 5.10 Å². The van der Waals surface area contributed by atoms with Gasteiger partial charge in [-0.3, -0.25) is 9.59 Å². The van der Waals surface area contributed by atoms with Gasteiger partial charge < -0.3 is 14.4 Å². The minimum atomic E-state index is -0.118. The van der Waals surface area contributed by atoms with Crippen molar-refractivity contribution in [1.29, 1.82) is 0 Å². The average Bonchev–Trinajstić information content (AvgIpc) is 3.27. The summed E-state index contributed by atoms with van der Waals surface area (Å²) in [6.45, 7) is 3.59. The summed E-state index contributed by atoms with van der Waals surface area (Å²) in [7, 11) is 2.06. The number of benzene rings is 2. The minimum absolute atomic E-state index is 0.00396. The lowest BCUT2D eigenvalue weighted by Gasteiger charge is -2.32. The van der Waals surface area contributed by atoms with Gasteiger partial charge in [0.15, 0.2) is 0 Å². The molecule has 1 aliphatic heterocycles. The number of carbonyl (C=O) groups is 1. The molecular weight excluding hydrogens is 378 g/mol. The smallest absolute Gasteiger partial charge is 0.277 e. The van der Waals surface area contributed by atoms with Gasteiger partial charge in [0.1, 0.15) is 5.52 Å². The first kappa shape index (κ1) is 18.6. The standard InChI is InChI=1S/C23H23N5O2/c1-25-11-13-26(14-12-25)22(29)18-7-8-19-21(15-18)27(16-17-5-3-2-4-6-17)23(30)20-9-10-24-28(19)20/h2-10,15H,11-14,16H2,1H3. The van der Waals surface area contributed by atoms with Crippen molar-refractivity contribution < 1.29 is 4.79 Å². The molecule has 1 aliphatic rings. The molecule has 0 aliphatic carbocycles. The molecule has 0 spiro atoms. The van der Waals surface area contributed by atoms with Crippen molar-refractivity contribution in [2.24, 2.45) is 0 Å². The zero-order chi connectivity index (χ0) is 20.7. The first-order valence-electron chi connectivity index (χ1n) is 10.1. The molecular formula is C23H23N5O2. The summed E-state index contributed by atoms with van der Waals surface area (Å²) in [5.41, 5.74) is 3.55. The van der Waals surface area contributed by atoms with Crippen molar-refractivity contribution >= 4 is 22.5 Å². The van der Waals surface area contributed by atoms with Gasteiger partial charge >= 0.3 is 0 Å². The quantitative estimate of drug-likeness (QED) is 0.527. The second-order valence-corrected chi connectivity index (χ2v) is 7.80. The number of amides is 1. The number of likely N-dealkylation sites (N-methyl/N-ethyl adjacent to an activating group) is 1. The number of carbonyl (C=O) groups excluding carboxylic acids is 1. The summed E-state index contributed by atoms with van der Waals surface area (Å²) in [6, 6.07) is 17.2. The third-order valence-electron chi connectivity index (χ3n) is 5.82. The van der Waals surface area contributed by atoms with Gasteiger partial charge in [-0.05, 0) is 36.9 Å². The summed E-state index contributed by atoms with van der Waals surface area (Å²) in [5, 5.41) is 4.33. The van der Waals surface area contributed by atoms with Crippen LogP contribution in [0.3, 0.4) is 0 Å². The molecule has 0 N–H and O–H groups in total. The van der Waals surface area contributed by atoms with E-state index in [1.165, 1.54) is 0 Å². The van der Waals surface area contributed by atoms with Crippen LogP contribution in [0.5, 0.6) is 0 Å². The number of fused-ring (bicyclic) bond motifs is 3. The summed E-state index contributed by atoms with van der Waals surface area (Å²) in [6.07, 6.45) is 1.63. The highest BCUT2D eigenvalue weighted by atomic mass is 16.2. The maximum atomic E-state index is 13.2. The molecule has 3 heterocycles. The van der Waals surface area contributed by atoms with Crippen LogP contribution in [0.4, 0.5) is 0 Å². The van der Waals surface area contributed by atoms with Crippen LogP contribution < -0.4 is 5.56 Å². The summed E-state index contributed by atoms with van der Waals surface area (Å²) < 4.78 is 3.39. The second-order valence-electron chi connectivity index (χ2n) is 7.80. The fourth-order valence-electron chi connectivity index (χ4n) is 4.07. The lowest BCUT2D eigenvalue weighted by atomic mass is 10.1. The van der Waals surface area contributed by atoms with Crippen molar-refractivity contribution in [1.82, 2.24) is 24.0 Å². The molecule has 0 saturated carbocycles. The molecule has 0 atom stereocenters. The normalized spacial score (nSPS) is 15.2. The number of aromatic nitrogens is 3. The first-order valence-corrected chi connectivity index (χ1v) is 10.1. The van der Waals surface area contributed by atoms with Crippen LogP contribution >= 0.6 is 0 Å². The second kappa shape index (κ2) is 7.42. The Morgan fingerprint density at radius 1 is 0.933 bits per heavy atom. The molecule has 7 nitrogen and oxygen atoms in total. The van der Waals surface area contributed by atoms with Crippen molar-refractivity contribution in [3.63, 3.8) is 0 Å². The van der Waals surface area contributed by atoms with Crippen LogP contribution in [0, 0.1) is 0 Å². The number of hydrogen-bond donors (Lipinski definition) is 0. The highest BCUT2D eigenvalue weighted by molar-refractivity contribution is 5.97. The maximum absolute atomic E-state index is 13.2. The van der Waals surface area contributed by atoms with E-state index in [1.54, 1.807) is 21.3 Å². The number of hydrogen-bond acceptors (Lipinski definition) is 4. The molecule has 2 aromatic heterocycles. The minimum Gasteiger partial charge on any atom is -0.336 e. The van der Waals surface area contributed by atoms with Gasteiger partial charge in [-0.25, -0.2) is 4.52 Å². The largest absolute Gasteiger partial charge is 0.336 e. The van der Waals surface area contributed by atoms with E-state index in [2.05, 4.69) is 17.0 Å². The maximum Gasteiger partial charge on any atom is 0.277 e. The van der Waals surface area contributed by atoms with E-state index >= 15 is 0 Å². The van der Waals surface area contributed by atoms with E-state index in [0.29, 0.717) is 36.2 Å². The van der Waals surface area contributed by atoms with Crippen molar-refractivity contribution in [2.75, 3.05) is 33.2 Å². The Morgan fingerprint density at radius 2 is 1.70 bits per heavy atom. The Bertz CT molecular complexity index is 1280. The molecule has 1 fully saturated rings. The van der Waals surface area contributed by atoms with Gasteiger partial charge in [-0.1, -0.05) is 30.3 Å². The number of rotatable bonds is 3. The molecule has 2 aromatic carbocycles. The summed E-state index contributed by atoms with van der Waals surface area (Å²) in [5.74, 6) is 0.00396. The van der Waals surface area contributed by atoms with E-state index in [-0.39, 0.29) is 11.5 Å². The van der Waals surface area contributed by atoms with Crippen molar-refractivity contribution in [3.05, 3.63) is 82.3 Å². The number of nitrogens with zero attached hydrogens (tertiary/aromatic N) is 5. The van der Waals surface area contributed by atoms with Crippen LogP contribution in [-0.4, -0.2) is 63.1 Å². The molecule has 152 valence electrons. The average molecular weight is 401 g/mol. The molecule has 7 heteroatoms. The van der Waals surface area contributed by atoms with E-state index in [9.17, 15) is 9.59 Å². The molecule has 4 aromatic rings. The monoisotopic (exact) mass is 401 g/mol. The number of piperazine rings is 1. The Labute approximate surface area is 173 Å². The first-order chi connectivity index (χ1) is 14.6. The Kier molecular flexibility index (Phi) is 4.59. The van der Waals surface area contributed by atoms with Crippen LogP contribution in [-0.2, 0) is 6.54 Å². The molecule has 0 bridgehead atoms. The molecule has 1 saturated heterocycles. The zero-order valence-electron chi connectivity index (χ0n) is 16.9. The predicted molar refractivity (Wildman–Crippen MR) is 116 cm³/mol. The Balaban J connectivity index is 1.64. The third kappa shape index (κ3) is 3.17. The van der Waals surface area contributed by atoms with Gasteiger partial charge in [0.05, 0.1) is 23.8 Å². The van der Waals surface area contributed by atoms with Crippen LogP contribution in [0.15, 0.2) is 65.6 Å². The fraction of sp³-hybridized carbons (Fsp3) is 0.261. The van der Waals surface area contributed by atoms with E-state index in [4.69, 9.17) is 0 Å².